The van der Waals surface area contributed by atoms with Crippen molar-refractivity contribution in [2.24, 2.45) is 0 Å². The molecule has 3 unspecified atom stereocenters. The van der Waals surface area contributed by atoms with Crippen LogP contribution >= 0.6 is 7.82 Å². The fourth-order valence-corrected chi connectivity index (χ4v) is 6.22. The third-order valence-corrected chi connectivity index (χ3v) is 9.90. The zero-order valence-electron chi connectivity index (χ0n) is 35.5. The van der Waals surface area contributed by atoms with Crippen molar-refractivity contribution in [1.82, 2.24) is 0 Å². The number of nitrogens with zero attached hydrogens (tertiary/aromatic N) is 1. The number of esters is 2. The van der Waals surface area contributed by atoms with Gasteiger partial charge in [-0.2, -0.15) is 0 Å². The lowest BCUT2D eigenvalue weighted by Crippen LogP contribution is -2.37. The molecule has 0 radical (unpaired) electrons. The van der Waals surface area contributed by atoms with Crippen molar-refractivity contribution in [3.05, 3.63) is 48.6 Å². The lowest BCUT2D eigenvalue weighted by molar-refractivity contribution is -0.870. The van der Waals surface area contributed by atoms with E-state index in [0.717, 1.165) is 25.7 Å². The smallest absolute Gasteiger partial charge is 0.306 e. The molecule has 0 heterocycles. The van der Waals surface area contributed by atoms with Crippen molar-refractivity contribution < 1.29 is 47.2 Å². The van der Waals surface area contributed by atoms with E-state index in [0.29, 0.717) is 36.7 Å². The summed E-state index contributed by atoms with van der Waals surface area (Å²) in [4.78, 5) is 37.4. The van der Waals surface area contributed by atoms with Gasteiger partial charge in [0.25, 0.3) is 7.82 Å². The van der Waals surface area contributed by atoms with E-state index in [2.05, 4.69) is 19.9 Å². The summed E-state index contributed by atoms with van der Waals surface area (Å²) in [6, 6.07) is 0. The van der Waals surface area contributed by atoms with Crippen LogP contribution in [0.4, 0.5) is 0 Å². The Labute approximate surface area is 336 Å². The second-order valence-corrected chi connectivity index (χ2v) is 17.0. The molecule has 0 aliphatic carbocycles. The van der Waals surface area contributed by atoms with Crippen molar-refractivity contribution in [3.63, 3.8) is 0 Å². The lowest BCUT2D eigenvalue weighted by atomic mass is 10.0. The standard InChI is InChI=1S/C44H80NO9P/c1-6-8-10-12-14-15-16-17-18-19-23-27-31-35-43(47)51-39-42(40-53-55(49,50)52-38-37-45(3,4)5)54-44(48)36-32-28-24-21-20-22-26-30-34-41(46)33-29-25-13-11-9-7-2/h21-22,24-26,29-30,34,41-42,46H,6-20,23,27-28,31-33,35-40H2,1-5H3/b24-21-,26-22-,29-25-,34-30+. The van der Waals surface area contributed by atoms with E-state index in [1.54, 1.807) is 6.08 Å². The number of ether oxygens (including phenoxy) is 2. The number of carbonyl (C=O) groups is 2. The van der Waals surface area contributed by atoms with E-state index >= 15 is 0 Å². The quantitative estimate of drug-likeness (QED) is 0.0162. The average molecular weight is 798 g/mol. The number of hydrogen-bond acceptors (Lipinski definition) is 9. The summed E-state index contributed by atoms with van der Waals surface area (Å²) in [7, 11) is 1.09. The first kappa shape index (κ1) is 52.9. The van der Waals surface area contributed by atoms with E-state index in [4.69, 9.17) is 18.5 Å². The van der Waals surface area contributed by atoms with Gasteiger partial charge in [0.05, 0.1) is 33.9 Å². The molecule has 0 aromatic carbocycles. The van der Waals surface area contributed by atoms with Gasteiger partial charge in [-0.05, 0) is 44.9 Å². The highest BCUT2D eigenvalue weighted by molar-refractivity contribution is 7.45. The number of hydrogen-bond donors (Lipinski definition) is 1. The number of unbranched alkanes of at least 4 members (excludes halogenated alkanes) is 16. The average Bonchev–Trinajstić information content (AvgIpc) is 3.13. The van der Waals surface area contributed by atoms with Crippen molar-refractivity contribution in [2.45, 2.75) is 174 Å². The van der Waals surface area contributed by atoms with Crippen LogP contribution in [-0.2, 0) is 32.7 Å². The first-order chi connectivity index (χ1) is 26.4. The van der Waals surface area contributed by atoms with E-state index in [-0.39, 0.29) is 26.1 Å². The van der Waals surface area contributed by atoms with Crippen LogP contribution in [0.15, 0.2) is 48.6 Å². The number of aliphatic hydroxyl groups is 1. The van der Waals surface area contributed by atoms with Crippen LogP contribution in [0.25, 0.3) is 0 Å². The van der Waals surface area contributed by atoms with Gasteiger partial charge in [-0.3, -0.25) is 14.2 Å². The molecule has 0 aromatic heterocycles. The van der Waals surface area contributed by atoms with Crippen LogP contribution in [-0.4, -0.2) is 81.2 Å². The van der Waals surface area contributed by atoms with Crippen molar-refractivity contribution in [1.29, 1.82) is 0 Å². The SMILES string of the molecule is CCCCC/C=C\CC(O)/C=C/C=C\C/C=C\CCCC(=O)OC(COC(=O)CCCCCCCCCCCCCCC)COP(=O)([O-])OCC[N+](C)(C)C. The zero-order chi connectivity index (χ0) is 40.9. The minimum absolute atomic E-state index is 0.0525. The van der Waals surface area contributed by atoms with Crippen molar-refractivity contribution >= 4 is 19.8 Å². The maximum absolute atomic E-state index is 12.6. The molecule has 11 heteroatoms. The fourth-order valence-electron chi connectivity index (χ4n) is 5.50. The Morgan fingerprint density at radius 1 is 0.673 bits per heavy atom. The fraction of sp³-hybridized carbons (Fsp3) is 0.773. The Balaban J connectivity index is 4.55. The van der Waals surface area contributed by atoms with Gasteiger partial charge in [0.1, 0.15) is 19.8 Å². The Morgan fingerprint density at radius 2 is 1.24 bits per heavy atom. The Bertz CT molecular complexity index is 1100. The number of phosphoric ester groups is 1. The molecular weight excluding hydrogens is 717 g/mol. The summed E-state index contributed by atoms with van der Waals surface area (Å²) in [6.07, 6.45) is 37.4. The number of rotatable bonds is 38. The van der Waals surface area contributed by atoms with Crippen LogP contribution in [0, 0.1) is 0 Å². The number of aliphatic hydroxyl groups excluding tert-OH is 1. The predicted octanol–water partition coefficient (Wildman–Crippen LogP) is 10.2. The molecule has 0 saturated heterocycles. The molecule has 0 saturated carbocycles. The molecule has 1 N–H and O–H groups in total. The minimum atomic E-state index is -4.65. The van der Waals surface area contributed by atoms with Crippen LogP contribution in [0.3, 0.4) is 0 Å². The van der Waals surface area contributed by atoms with E-state index in [1.165, 1.54) is 83.5 Å². The largest absolute Gasteiger partial charge is 0.756 e. The molecule has 0 rings (SSSR count). The molecule has 55 heavy (non-hydrogen) atoms. The van der Waals surface area contributed by atoms with Gasteiger partial charge in [-0.15, -0.1) is 0 Å². The second kappa shape index (κ2) is 36.3. The highest BCUT2D eigenvalue weighted by atomic mass is 31.2. The number of likely N-dealkylation sites (N-methyl/N-ethyl adjacent to an activating group) is 1. The Hall–Kier alpha value is -2.07. The molecule has 0 aromatic rings. The molecule has 0 spiro atoms. The summed E-state index contributed by atoms with van der Waals surface area (Å²) < 4.78 is 33.7. The monoisotopic (exact) mass is 798 g/mol. The van der Waals surface area contributed by atoms with Crippen molar-refractivity contribution in [3.8, 4) is 0 Å². The van der Waals surface area contributed by atoms with Crippen LogP contribution in [0.5, 0.6) is 0 Å². The first-order valence-corrected chi connectivity index (χ1v) is 22.9. The van der Waals surface area contributed by atoms with Crippen LogP contribution in [0.1, 0.15) is 162 Å². The summed E-state index contributed by atoms with van der Waals surface area (Å²) in [6.45, 7) is 4.03. The lowest BCUT2D eigenvalue weighted by Gasteiger charge is -2.28. The molecule has 0 fully saturated rings. The normalized spacial score (nSPS) is 14.7. The van der Waals surface area contributed by atoms with E-state index in [1.807, 2.05) is 57.6 Å². The van der Waals surface area contributed by atoms with Crippen molar-refractivity contribution in [2.75, 3.05) is 47.5 Å². The van der Waals surface area contributed by atoms with Gasteiger partial charge in [0.2, 0.25) is 0 Å². The highest BCUT2D eigenvalue weighted by Gasteiger charge is 2.21. The maximum Gasteiger partial charge on any atom is 0.306 e. The zero-order valence-corrected chi connectivity index (χ0v) is 36.4. The number of allylic oxidation sites excluding steroid dienone is 6. The predicted molar refractivity (Wildman–Crippen MR) is 223 cm³/mol. The maximum atomic E-state index is 12.6. The Kier molecular flexibility index (Phi) is 34.9. The van der Waals surface area contributed by atoms with Gasteiger partial charge in [0.15, 0.2) is 6.10 Å². The summed E-state index contributed by atoms with van der Waals surface area (Å²) in [5.74, 6) is -0.939. The second-order valence-electron chi connectivity index (χ2n) is 15.6. The third kappa shape index (κ3) is 39.9. The number of carbonyl (C=O) groups excluding carboxylic acids is 2. The first-order valence-electron chi connectivity index (χ1n) is 21.5. The Morgan fingerprint density at radius 3 is 1.87 bits per heavy atom. The molecule has 0 bridgehead atoms. The number of phosphoric acid groups is 1. The third-order valence-electron chi connectivity index (χ3n) is 8.93. The summed E-state index contributed by atoms with van der Waals surface area (Å²) >= 11 is 0. The molecule has 3 atom stereocenters. The molecule has 0 amide bonds. The summed E-state index contributed by atoms with van der Waals surface area (Å²) in [5.41, 5.74) is 0. The van der Waals surface area contributed by atoms with Gasteiger partial charge >= 0.3 is 11.9 Å². The van der Waals surface area contributed by atoms with Gasteiger partial charge in [-0.25, -0.2) is 0 Å². The van der Waals surface area contributed by atoms with Gasteiger partial charge in [0, 0.05) is 12.8 Å². The number of quaternary nitrogens is 1. The molecule has 0 aliphatic heterocycles. The van der Waals surface area contributed by atoms with Crippen LogP contribution < -0.4 is 4.89 Å². The molecule has 10 nitrogen and oxygen atoms in total. The molecular formula is C44H80NO9P. The topological polar surface area (TPSA) is 131 Å². The van der Waals surface area contributed by atoms with Gasteiger partial charge < -0.3 is 33.0 Å². The van der Waals surface area contributed by atoms with E-state index < -0.39 is 38.6 Å². The van der Waals surface area contributed by atoms with Crippen LogP contribution in [0.2, 0.25) is 0 Å². The molecule has 0 aliphatic rings. The van der Waals surface area contributed by atoms with E-state index in [9.17, 15) is 24.2 Å². The van der Waals surface area contributed by atoms with Gasteiger partial charge in [-0.1, -0.05) is 152 Å². The molecule has 320 valence electrons. The summed E-state index contributed by atoms with van der Waals surface area (Å²) in [5, 5.41) is 10.0. The highest BCUT2D eigenvalue weighted by Crippen LogP contribution is 2.38. The minimum Gasteiger partial charge on any atom is -0.756 e.